The van der Waals surface area contributed by atoms with Gasteiger partial charge in [0.15, 0.2) is 0 Å². The minimum absolute atomic E-state index is 0.164. The zero-order valence-electron chi connectivity index (χ0n) is 7.88. The number of thiophene rings is 1. The Balaban J connectivity index is 2.39. The Bertz CT molecular complexity index is 493. The van der Waals surface area contributed by atoms with E-state index < -0.39 is 0 Å². The molecule has 0 radical (unpaired) electrons. The molecule has 0 saturated carbocycles. The molecule has 0 bridgehead atoms. The molecule has 5 heteroatoms. The first-order valence-corrected chi connectivity index (χ1v) is 7.33. The van der Waals surface area contributed by atoms with E-state index >= 15 is 0 Å². The number of hydrogen-bond donors (Lipinski definition) is 0. The largest absolute Gasteiger partial charge is 0.207 e. The van der Waals surface area contributed by atoms with E-state index in [0.29, 0.717) is 10.6 Å². The van der Waals surface area contributed by atoms with Gasteiger partial charge in [-0.3, -0.25) is 0 Å². The summed E-state index contributed by atoms with van der Waals surface area (Å²) in [6, 6.07) is 8.54. The molecule has 84 valence electrons. The fourth-order valence-electron chi connectivity index (χ4n) is 1.32. The van der Waals surface area contributed by atoms with E-state index in [-0.39, 0.29) is 10.6 Å². The predicted molar refractivity (Wildman–Crippen MR) is 74.2 cm³/mol. The van der Waals surface area contributed by atoms with Gasteiger partial charge in [0.25, 0.3) is 0 Å². The summed E-state index contributed by atoms with van der Waals surface area (Å²) in [5.74, 6) is -0.218. The van der Waals surface area contributed by atoms with E-state index in [1.165, 1.54) is 17.4 Å². The van der Waals surface area contributed by atoms with E-state index in [4.69, 9.17) is 11.6 Å². The van der Waals surface area contributed by atoms with Crippen LogP contribution in [0.15, 0.2) is 34.1 Å². The first kappa shape index (κ1) is 12.6. The van der Waals surface area contributed by atoms with Crippen molar-refractivity contribution in [2.24, 2.45) is 0 Å². The standard InChI is InChI=1S/C11H6Br2ClFS/c12-10(6-3-1-2-4-8(6)15)9-5-7(14)11(13)16-9/h1-5,10H. The summed E-state index contributed by atoms with van der Waals surface area (Å²) in [7, 11) is 0. The maximum Gasteiger partial charge on any atom is 0.127 e. The van der Waals surface area contributed by atoms with Crippen LogP contribution < -0.4 is 0 Å². The van der Waals surface area contributed by atoms with Crippen LogP contribution in [0.3, 0.4) is 0 Å². The summed E-state index contributed by atoms with van der Waals surface area (Å²) in [5, 5.41) is 0.654. The fraction of sp³-hybridized carbons (Fsp3) is 0.0909. The first-order valence-electron chi connectivity index (χ1n) is 4.43. The minimum atomic E-state index is -0.218. The first-order chi connectivity index (χ1) is 7.59. The Kier molecular flexibility index (Phi) is 4.06. The normalized spacial score (nSPS) is 12.8. The second kappa shape index (κ2) is 5.17. The molecule has 2 aromatic rings. The van der Waals surface area contributed by atoms with Crippen LogP contribution in [-0.2, 0) is 0 Å². The third-order valence-electron chi connectivity index (χ3n) is 2.09. The molecule has 0 amide bonds. The Labute approximate surface area is 119 Å². The molecule has 0 N–H and O–H groups in total. The van der Waals surface area contributed by atoms with Crippen molar-refractivity contribution in [3.63, 3.8) is 0 Å². The van der Waals surface area contributed by atoms with Gasteiger partial charge in [0.2, 0.25) is 0 Å². The van der Waals surface area contributed by atoms with Crippen molar-refractivity contribution < 1.29 is 4.39 Å². The highest BCUT2D eigenvalue weighted by atomic mass is 79.9. The fourth-order valence-corrected chi connectivity index (χ4v) is 3.85. The molecule has 0 aliphatic carbocycles. The number of hydrogen-bond acceptors (Lipinski definition) is 1. The molecule has 0 spiro atoms. The lowest BCUT2D eigenvalue weighted by Crippen LogP contribution is -1.93. The van der Waals surface area contributed by atoms with Gasteiger partial charge in [-0.15, -0.1) is 11.3 Å². The van der Waals surface area contributed by atoms with E-state index in [1.807, 2.05) is 12.1 Å². The van der Waals surface area contributed by atoms with E-state index in [9.17, 15) is 4.39 Å². The van der Waals surface area contributed by atoms with Gasteiger partial charge in [-0.1, -0.05) is 45.7 Å². The molecule has 16 heavy (non-hydrogen) atoms. The number of alkyl halides is 1. The van der Waals surface area contributed by atoms with Crippen molar-refractivity contribution in [3.05, 3.63) is 55.4 Å². The van der Waals surface area contributed by atoms with Gasteiger partial charge < -0.3 is 0 Å². The van der Waals surface area contributed by atoms with Gasteiger partial charge in [0, 0.05) is 10.4 Å². The lowest BCUT2D eigenvalue weighted by atomic mass is 10.1. The SMILES string of the molecule is Fc1ccccc1C(Br)c1cc(Cl)c(Br)s1. The van der Waals surface area contributed by atoms with Crippen LogP contribution in [0, 0.1) is 5.82 Å². The molecule has 0 aliphatic rings. The monoisotopic (exact) mass is 382 g/mol. The highest BCUT2D eigenvalue weighted by Crippen LogP contribution is 2.41. The van der Waals surface area contributed by atoms with Gasteiger partial charge in [-0.25, -0.2) is 4.39 Å². The van der Waals surface area contributed by atoms with Gasteiger partial charge in [0.05, 0.1) is 13.6 Å². The van der Waals surface area contributed by atoms with Crippen molar-refractivity contribution in [2.75, 3.05) is 0 Å². The Morgan fingerprint density at radius 1 is 1.31 bits per heavy atom. The molecular formula is C11H6Br2ClFS. The molecule has 2 rings (SSSR count). The average molecular weight is 384 g/mol. The highest BCUT2D eigenvalue weighted by Gasteiger charge is 2.17. The van der Waals surface area contributed by atoms with Crippen LogP contribution in [-0.4, -0.2) is 0 Å². The van der Waals surface area contributed by atoms with Crippen molar-refractivity contribution in [3.8, 4) is 0 Å². The summed E-state index contributed by atoms with van der Waals surface area (Å²) < 4.78 is 14.4. The second-order valence-corrected chi connectivity index (χ2v) is 6.88. The van der Waals surface area contributed by atoms with Crippen LogP contribution in [0.2, 0.25) is 5.02 Å². The Hall–Kier alpha value is 0.1000. The van der Waals surface area contributed by atoms with Crippen LogP contribution in [0.4, 0.5) is 4.39 Å². The molecule has 1 aromatic carbocycles. The smallest absolute Gasteiger partial charge is 0.127 e. The van der Waals surface area contributed by atoms with Crippen molar-refractivity contribution in [1.82, 2.24) is 0 Å². The maximum atomic E-state index is 13.6. The van der Waals surface area contributed by atoms with Crippen LogP contribution in [0.5, 0.6) is 0 Å². The number of halogens is 4. The number of benzene rings is 1. The highest BCUT2D eigenvalue weighted by molar-refractivity contribution is 9.11. The lowest BCUT2D eigenvalue weighted by molar-refractivity contribution is 0.614. The van der Waals surface area contributed by atoms with Crippen molar-refractivity contribution >= 4 is 54.8 Å². The molecule has 1 heterocycles. The minimum Gasteiger partial charge on any atom is -0.207 e. The lowest BCUT2D eigenvalue weighted by Gasteiger charge is -2.08. The third-order valence-corrected chi connectivity index (χ3v) is 5.92. The van der Waals surface area contributed by atoms with Crippen molar-refractivity contribution in [1.29, 1.82) is 0 Å². The molecule has 0 saturated heterocycles. The topological polar surface area (TPSA) is 0 Å². The van der Waals surface area contributed by atoms with Crippen LogP contribution in [0.25, 0.3) is 0 Å². The average Bonchev–Trinajstić information content (AvgIpc) is 2.59. The maximum absolute atomic E-state index is 13.6. The molecule has 0 nitrogen and oxygen atoms in total. The molecular weight excluding hydrogens is 378 g/mol. The van der Waals surface area contributed by atoms with E-state index in [1.54, 1.807) is 12.1 Å². The van der Waals surface area contributed by atoms with Crippen molar-refractivity contribution in [2.45, 2.75) is 4.83 Å². The Morgan fingerprint density at radius 2 is 2.00 bits per heavy atom. The Morgan fingerprint density at radius 3 is 2.56 bits per heavy atom. The van der Waals surface area contributed by atoms with Gasteiger partial charge in [0.1, 0.15) is 5.82 Å². The van der Waals surface area contributed by atoms with E-state index in [2.05, 4.69) is 31.9 Å². The predicted octanol–water partition coefficient (Wildman–Crippen LogP) is 5.79. The molecule has 0 fully saturated rings. The second-order valence-electron chi connectivity index (χ2n) is 3.15. The summed E-state index contributed by atoms with van der Waals surface area (Å²) in [5.41, 5.74) is 0.618. The summed E-state index contributed by atoms with van der Waals surface area (Å²) in [4.78, 5) is 0.810. The third kappa shape index (κ3) is 2.50. The quantitative estimate of drug-likeness (QED) is 0.575. The van der Waals surface area contributed by atoms with Gasteiger partial charge in [-0.05, 0) is 28.1 Å². The van der Waals surface area contributed by atoms with E-state index in [0.717, 1.165) is 8.66 Å². The van der Waals surface area contributed by atoms with Gasteiger partial charge >= 0.3 is 0 Å². The molecule has 1 unspecified atom stereocenters. The van der Waals surface area contributed by atoms with Gasteiger partial charge in [-0.2, -0.15) is 0 Å². The number of rotatable bonds is 2. The van der Waals surface area contributed by atoms with Crippen LogP contribution >= 0.6 is 54.8 Å². The molecule has 1 aromatic heterocycles. The molecule has 1 atom stereocenters. The molecule has 0 aliphatic heterocycles. The summed E-state index contributed by atoms with van der Waals surface area (Å²) >= 11 is 14.3. The van der Waals surface area contributed by atoms with Crippen LogP contribution in [0.1, 0.15) is 15.3 Å². The summed E-state index contributed by atoms with van der Waals surface area (Å²) in [6.07, 6.45) is 0. The zero-order chi connectivity index (χ0) is 11.7. The summed E-state index contributed by atoms with van der Waals surface area (Å²) in [6.45, 7) is 0. The zero-order valence-corrected chi connectivity index (χ0v) is 12.6.